The van der Waals surface area contributed by atoms with E-state index in [2.05, 4.69) is 10.5 Å². The van der Waals surface area contributed by atoms with Gasteiger partial charge in [-0.15, -0.1) is 0 Å². The van der Waals surface area contributed by atoms with E-state index in [9.17, 15) is 4.79 Å². The fourth-order valence-corrected chi connectivity index (χ4v) is 3.14. The van der Waals surface area contributed by atoms with Crippen LogP contribution in [0.4, 0.5) is 4.79 Å². The van der Waals surface area contributed by atoms with Gasteiger partial charge in [0.2, 0.25) is 0 Å². The zero-order valence-corrected chi connectivity index (χ0v) is 17.8. The molecule has 0 fully saturated rings. The molecule has 1 aliphatic rings. The van der Waals surface area contributed by atoms with Crippen molar-refractivity contribution in [2.45, 2.75) is 45.4 Å². The number of amides is 2. The SMILES string of the molecule is COc1cccc(CN(CC2CC(c3ccc(Cl)o3)=NO2)C(=O)NC(C)(C)C)c1. The molecule has 1 N–H and O–H groups in total. The molecule has 1 aliphatic heterocycles. The Morgan fingerprint density at radius 1 is 1.34 bits per heavy atom. The smallest absolute Gasteiger partial charge is 0.318 e. The second kappa shape index (κ2) is 8.78. The third-order valence-corrected chi connectivity index (χ3v) is 4.49. The Labute approximate surface area is 175 Å². The highest BCUT2D eigenvalue weighted by atomic mass is 35.5. The van der Waals surface area contributed by atoms with E-state index in [1.54, 1.807) is 24.1 Å². The number of carbonyl (C=O) groups is 1. The molecule has 2 heterocycles. The summed E-state index contributed by atoms with van der Waals surface area (Å²) in [7, 11) is 1.62. The van der Waals surface area contributed by atoms with Crippen LogP contribution in [-0.4, -0.2) is 41.9 Å². The summed E-state index contributed by atoms with van der Waals surface area (Å²) < 4.78 is 10.7. The molecule has 2 amide bonds. The van der Waals surface area contributed by atoms with Crippen molar-refractivity contribution in [2.24, 2.45) is 5.16 Å². The molecule has 0 saturated carbocycles. The van der Waals surface area contributed by atoms with Crippen molar-refractivity contribution >= 4 is 23.3 Å². The van der Waals surface area contributed by atoms with E-state index < -0.39 is 0 Å². The van der Waals surface area contributed by atoms with Crippen molar-refractivity contribution < 1.29 is 18.8 Å². The van der Waals surface area contributed by atoms with Crippen LogP contribution < -0.4 is 10.1 Å². The molecule has 1 atom stereocenters. The minimum absolute atomic E-state index is 0.168. The number of rotatable bonds is 6. The van der Waals surface area contributed by atoms with Crippen molar-refractivity contribution in [1.82, 2.24) is 10.2 Å². The molecule has 0 radical (unpaired) electrons. The largest absolute Gasteiger partial charge is 0.497 e. The van der Waals surface area contributed by atoms with Gasteiger partial charge >= 0.3 is 6.03 Å². The average Bonchev–Trinajstić information content (AvgIpc) is 3.29. The maximum absolute atomic E-state index is 12.9. The van der Waals surface area contributed by atoms with Gasteiger partial charge in [-0.25, -0.2) is 4.79 Å². The number of benzene rings is 1. The first-order valence-electron chi connectivity index (χ1n) is 9.42. The number of ether oxygens (including phenoxy) is 1. The Kier molecular flexibility index (Phi) is 6.37. The fraction of sp³-hybridized carbons (Fsp3) is 0.429. The Balaban J connectivity index is 1.70. The first-order valence-corrected chi connectivity index (χ1v) is 9.80. The van der Waals surface area contributed by atoms with Crippen LogP contribution in [0, 0.1) is 0 Å². The number of furan rings is 1. The minimum Gasteiger partial charge on any atom is -0.497 e. The molecule has 29 heavy (non-hydrogen) atoms. The van der Waals surface area contributed by atoms with E-state index in [0.29, 0.717) is 36.2 Å². The summed E-state index contributed by atoms with van der Waals surface area (Å²) in [4.78, 5) is 20.2. The van der Waals surface area contributed by atoms with E-state index in [1.807, 2.05) is 45.0 Å². The Morgan fingerprint density at radius 2 is 2.14 bits per heavy atom. The van der Waals surface area contributed by atoms with Gasteiger partial charge in [0, 0.05) is 18.5 Å². The Hall–Kier alpha value is -2.67. The number of nitrogens with one attached hydrogen (secondary N) is 1. The second-order valence-corrected chi connectivity index (χ2v) is 8.36. The minimum atomic E-state index is -0.354. The summed E-state index contributed by atoms with van der Waals surface area (Å²) in [6, 6.07) is 10.9. The van der Waals surface area contributed by atoms with Crippen molar-refractivity contribution in [2.75, 3.05) is 13.7 Å². The summed E-state index contributed by atoms with van der Waals surface area (Å²) >= 11 is 5.84. The van der Waals surface area contributed by atoms with Gasteiger partial charge in [0.1, 0.15) is 11.5 Å². The van der Waals surface area contributed by atoms with E-state index in [0.717, 1.165) is 11.3 Å². The number of methoxy groups -OCH3 is 1. The van der Waals surface area contributed by atoms with Crippen LogP contribution in [0.3, 0.4) is 0 Å². The number of nitrogens with zero attached hydrogens (tertiary/aromatic N) is 2. The van der Waals surface area contributed by atoms with E-state index >= 15 is 0 Å². The van der Waals surface area contributed by atoms with Crippen LogP contribution in [0.15, 0.2) is 46.0 Å². The first-order chi connectivity index (χ1) is 13.7. The number of hydrogen-bond acceptors (Lipinski definition) is 5. The van der Waals surface area contributed by atoms with Gasteiger partial charge in [-0.1, -0.05) is 17.3 Å². The van der Waals surface area contributed by atoms with Gasteiger partial charge in [0.05, 0.1) is 13.7 Å². The summed E-state index contributed by atoms with van der Waals surface area (Å²) in [6.45, 7) is 6.63. The van der Waals surface area contributed by atoms with Crippen LogP contribution in [0.5, 0.6) is 5.75 Å². The van der Waals surface area contributed by atoms with Crippen molar-refractivity contribution in [3.8, 4) is 5.75 Å². The van der Waals surface area contributed by atoms with Crippen LogP contribution in [-0.2, 0) is 11.4 Å². The van der Waals surface area contributed by atoms with Gasteiger partial charge in [0.25, 0.3) is 0 Å². The highest BCUT2D eigenvalue weighted by molar-refractivity contribution is 6.29. The predicted octanol–water partition coefficient (Wildman–Crippen LogP) is 4.44. The second-order valence-electron chi connectivity index (χ2n) is 7.99. The van der Waals surface area contributed by atoms with Crippen molar-refractivity contribution in [3.63, 3.8) is 0 Å². The van der Waals surface area contributed by atoms with Crippen molar-refractivity contribution in [3.05, 3.63) is 52.9 Å². The van der Waals surface area contributed by atoms with Gasteiger partial charge in [0.15, 0.2) is 17.1 Å². The molecule has 1 aromatic heterocycles. The molecular formula is C21H26ClN3O4. The lowest BCUT2D eigenvalue weighted by Gasteiger charge is -2.29. The quantitative estimate of drug-likeness (QED) is 0.750. The number of urea groups is 1. The van der Waals surface area contributed by atoms with Crippen molar-refractivity contribution in [1.29, 1.82) is 0 Å². The summed E-state index contributed by atoms with van der Waals surface area (Å²) in [6.07, 6.45) is 0.256. The first kappa shape index (κ1) is 21.0. The van der Waals surface area contributed by atoms with Crippen LogP contribution >= 0.6 is 11.6 Å². The zero-order valence-electron chi connectivity index (χ0n) is 17.1. The summed E-state index contributed by atoms with van der Waals surface area (Å²) in [5.74, 6) is 1.33. The lowest BCUT2D eigenvalue weighted by Crippen LogP contribution is -2.50. The lowest BCUT2D eigenvalue weighted by molar-refractivity contribution is 0.0580. The number of hydrogen-bond donors (Lipinski definition) is 1. The van der Waals surface area contributed by atoms with Crippen LogP contribution in [0.1, 0.15) is 38.5 Å². The van der Waals surface area contributed by atoms with Gasteiger partial charge in [-0.2, -0.15) is 0 Å². The Bertz CT molecular complexity index is 888. The predicted molar refractivity (Wildman–Crippen MR) is 111 cm³/mol. The molecule has 0 saturated heterocycles. The van der Waals surface area contributed by atoms with E-state index in [4.69, 9.17) is 25.6 Å². The maximum atomic E-state index is 12.9. The molecule has 3 rings (SSSR count). The third-order valence-electron chi connectivity index (χ3n) is 4.29. The number of halogens is 1. The molecule has 1 aromatic carbocycles. The van der Waals surface area contributed by atoms with Gasteiger partial charge in [-0.05, 0) is 62.2 Å². The standard InChI is InChI=1S/C21H26ClN3O4/c1-21(2,3)23-20(26)25(12-14-6-5-7-15(10-14)27-4)13-16-11-17(24-29-16)18-8-9-19(22)28-18/h5-10,16H,11-13H2,1-4H3,(H,23,26). The normalized spacial score (nSPS) is 16.2. The van der Waals surface area contributed by atoms with E-state index in [1.165, 1.54) is 0 Å². The van der Waals surface area contributed by atoms with Crippen LogP contribution in [0.2, 0.25) is 5.22 Å². The lowest BCUT2D eigenvalue weighted by atomic mass is 10.1. The van der Waals surface area contributed by atoms with Crippen LogP contribution in [0.25, 0.3) is 0 Å². The fourth-order valence-electron chi connectivity index (χ4n) is 3.00. The molecule has 0 aliphatic carbocycles. The molecule has 0 spiro atoms. The molecule has 156 valence electrons. The third kappa shape index (κ3) is 5.90. The Morgan fingerprint density at radius 3 is 2.79 bits per heavy atom. The maximum Gasteiger partial charge on any atom is 0.318 e. The molecule has 8 heteroatoms. The van der Waals surface area contributed by atoms with E-state index in [-0.39, 0.29) is 17.7 Å². The monoisotopic (exact) mass is 419 g/mol. The zero-order chi connectivity index (χ0) is 21.0. The van der Waals surface area contributed by atoms with Gasteiger partial charge in [-0.3, -0.25) is 0 Å². The summed E-state index contributed by atoms with van der Waals surface area (Å²) in [5.41, 5.74) is 1.29. The average molecular weight is 420 g/mol. The highest BCUT2D eigenvalue weighted by Gasteiger charge is 2.29. The molecule has 2 aromatic rings. The topological polar surface area (TPSA) is 76.3 Å². The molecule has 1 unspecified atom stereocenters. The van der Waals surface area contributed by atoms with Gasteiger partial charge < -0.3 is 24.2 Å². The molecule has 0 bridgehead atoms. The molecular weight excluding hydrogens is 394 g/mol. The number of carbonyl (C=O) groups excluding carboxylic acids is 1. The number of oxime groups is 1. The summed E-state index contributed by atoms with van der Waals surface area (Å²) in [5, 5.41) is 7.42. The molecule has 7 nitrogen and oxygen atoms in total. The highest BCUT2D eigenvalue weighted by Crippen LogP contribution is 2.22.